The Bertz CT molecular complexity index is 248. The minimum absolute atomic E-state index is 0.120. The number of carbonyl (C=O) groups excluding carboxylic acids is 1. The number of rotatable bonds is 2. The molecule has 0 atom stereocenters. The molecule has 1 rings (SSSR count). The molecule has 0 saturated heterocycles. The fourth-order valence-electron chi connectivity index (χ4n) is 0.753. The van der Waals surface area contributed by atoms with Crippen LogP contribution in [0, 0.1) is 0 Å². The minimum atomic E-state index is -0.959. The van der Waals surface area contributed by atoms with Gasteiger partial charge in [-0.2, -0.15) is 5.48 Å². The van der Waals surface area contributed by atoms with Crippen LogP contribution in [-0.2, 0) is 16.6 Å². The molecule has 1 amide bonds. The van der Waals surface area contributed by atoms with E-state index in [-0.39, 0.29) is 6.61 Å². The van der Waals surface area contributed by atoms with Gasteiger partial charge in [-0.3, -0.25) is 0 Å². The Morgan fingerprint density at radius 1 is 1.33 bits per heavy atom. The Morgan fingerprint density at radius 3 is 2.58 bits per heavy atom. The van der Waals surface area contributed by atoms with E-state index in [4.69, 9.17) is 0 Å². The molecular formula is C8H8NO3. The highest BCUT2D eigenvalue weighted by molar-refractivity contribution is 5.65. The lowest BCUT2D eigenvalue weighted by Gasteiger charge is -2.00. The fraction of sp³-hybridized carbons (Fsp3) is 0.125. The van der Waals surface area contributed by atoms with Crippen molar-refractivity contribution in [2.75, 3.05) is 0 Å². The first-order chi connectivity index (χ1) is 5.83. The standard InChI is InChI=1S/C8H8NO3/c10-8(9-11)12-6-7-4-2-1-3-5-7/h1-5H,6H2,(H,9,10). The summed E-state index contributed by atoms with van der Waals surface area (Å²) in [6.07, 6.45) is -0.959. The molecule has 0 saturated carbocycles. The van der Waals surface area contributed by atoms with Crippen molar-refractivity contribution in [3.05, 3.63) is 35.9 Å². The Kier molecular flexibility index (Phi) is 3.10. The van der Waals surface area contributed by atoms with Crippen LogP contribution in [0.15, 0.2) is 30.3 Å². The number of ether oxygens (including phenoxy) is 1. The molecule has 0 fully saturated rings. The molecular weight excluding hydrogens is 158 g/mol. The summed E-state index contributed by atoms with van der Waals surface area (Å²) in [5, 5.41) is 9.73. The second-order valence-electron chi connectivity index (χ2n) is 2.16. The maximum absolute atomic E-state index is 10.3. The summed E-state index contributed by atoms with van der Waals surface area (Å²) in [5.74, 6) is 0. The van der Waals surface area contributed by atoms with E-state index in [0.717, 1.165) is 11.0 Å². The summed E-state index contributed by atoms with van der Waals surface area (Å²) in [4.78, 5) is 10.3. The molecule has 12 heavy (non-hydrogen) atoms. The Labute approximate surface area is 69.7 Å². The molecule has 0 heterocycles. The van der Waals surface area contributed by atoms with Crippen LogP contribution in [0.2, 0.25) is 0 Å². The first-order valence-electron chi connectivity index (χ1n) is 3.42. The Balaban J connectivity index is 2.38. The molecule has 1 aromatic carbocycles. The number of benzene rings is 1. The first-order valence-corrected chi connectivity index (χ1v) is 3.42. The van der Waals surface area contributed by atoms with Crippen molar-refractivity contribution in [1.82, 2.24) is 5.48 Å². The van der Waals surface area contributed by atoms with E-state index in [0.29, 0.717) is 0 Å². The average molecular weight is 166 g/mol. The van der Waals surface area contributed by atoms with Gasteiger partial charge in [0.15, 0.2) is 0 Å². The third kappa shape index (κ3) is 2.59. The molecule has 0 spiro atoms. The number of nitrogens with one attached hydrogen (secondary N) is 1. The summed E-state index contributed by atoms with van der Waals surface area (Å²) < 4.78 is 4.51. The van der Waals surface area contributed by atoms with Gasteiger partial charge < -0.3 is 4.74 Å². The van der Waals surface area contributed by atoms with Crippen molar-refractivity contribution < 1.29 is 14.7 Å². The van der Waals surface area contributed by atoms with Crippen molar-refractivity contribution in [3.63, 3.8) is 0 Å². The molecule has 0 unspecified atom stereocenters. The lowest BCUT2D eigenvalue weighted by atomic mass is 10.2. The van der Waals surface area contributed by atoms with Crippen LogP contribution in [-0.4, -0.2) is 6.09 Å². The third-order valence-corrected chi connectivity index (χ3v) is 1.30. The summed E-state index contributed by atoms with van der Waals surface area (Å²) in [6, 6.07) is 9.12. The van der Waals surface area contributed by atoms with Gasteiger partial charge in [-0.25, -0.2) is 4.79 Å². The largest absolute Gasteiger partial charge is 0.443 e. The highest BCUT2D eigenvalue weighted by Gasteiger charge is 1.99. The maximum atomic E-state index is 10.3. The number of hydrogen-bond acceptors (Lipinski definition) is 2. The van der Waals surface area contributed by atoms with Gasteiger partial charge in [0.2, 0.25) is 0 Å². The number of hydrogen-bond donors (Lipinski definition) is 1. The van der Waals surface area contributed by atoms with Crippen LogP contribution in [0.25, 0.3) is 0 Å². The molecule has 4 heteroatoms. The first kappa shape index (κ1) is 8.55. The molecule has 1 radical (unpaired) electrons. The number of carbonyl (C=O) groups is 1. The van der Waals surface area contributed by atoms with Crippen LogP contribution < -0.4 is 5.48 Å². The summed E-state index contributed by atoms with van der Waals surface area (Å²) in [5.41, 5.74) is 1.97. The van der Waals surface area contributed by atoms with Gasteiger partial charge in [0, 0.05) is 0 Å². The van der Waals surface area contributed by atoms with E-state index >= 15 is 0 Å². The molecule has 0 bridgehead atoms. The summed E-state index contributed by atoms with van der Waals surface area (Å²) >= 11 is 0. The van der Waals surface area contributed by atoms with Crippen LogP contribution >= 0.6 is 0 Å². The SMILES string of the molecule is [O]NC(=O)OCc1ccccc1. The van der Waals surface area contributed by atoms with Crippen molar-refractivity contribution >= 4 is 6.09 Å². The zero-order valence-electron chi connectivity index (χ0n) is 6.32. The van der Waals surface area contributed by atoms with Crippen molar-refractivity contribution in [1.29, 1.82) is 0 Å². The Morgan fingerprint density at radius 2 is 2.00 bits per heavy atom. The quantitative estimate of drug-likeness (QED) is 0.672. The number of hydroxylamine groups is 1. The van der Waals surface area contributed by atoms with E-state index in [1.54, 1.807) is 12.1 Å². The van der Waals surface area contributed by atoms with Crippen LogP contribution in [0.1, 0.15) is 5.56 Å². The fourth-order valence-corrected chi connectivity index (χ4v) is 0.753. The highest BCUT2D eigenvalue weighted by atomic mass is 16.6. The van der Waals surface area contributed by atoms with E-state index in [1.807, 2.05) is 18.2 Å². The predicted molar refractivity (Wildman–Crippen MR) is 40.4 cm³/mol. The monoisotopic (exact) mass is 166 g/mol. The zero-order valence-corrected chi connectivity index (χ0v) is 6.32. The van der Waals surface area contributed by atoms with E-state index in [1.165, 1.54) is 0 Å². The normalized spacial score (nSPS) is 9.08. The molecule has 63 valence electrons. The molecule has 4 nitrogen and oxygen atoms in total. The van der Waals surface area contributed by atoms with Gasteiger partial charge in [0.1, 0.15) is 6.61 Å². The second-order valence-corrected chi connectivity index (χ2v) is 2.16. The maximum Gasteiger partial charge on any atom is 0.434 e. The predicted octanol–water partition coefficient (Wildman–Crippen LogP) is 1.26. The molecule has 0 aliphatic carbocycles. The topological polar surface area (TPSA) is 58.2 Å². The van der Waals surface area contributed by atoms with Gasteiger partial charge in [0.05, 0.1) is 0 Å². The summed E-state index contributed by atoms with van der Waals surface area (Å²) in [6.45, 7) is 0.120. The van der Waals surface area contributed by atoms with Crippen molar-refractivity contribution in [2.24, 2.45) is 0 Å². The highest BCUT2D eigenvalue weighted by Crippen LogP contribution is 1.99. The molecule has 1 N–H and O–H groups in total. The smallest absolute Gasteiger partial charge is 0.434 e. The van der Waals surface area contributed by atoms with Crippen LogP contribution in [0.5, 0.6) is 0 Å². The average Bonchev–Trinajstić information content (AvgIpc) is 2.16. The third-order valence-electron chi connectivity index (χ3n) is 1.30. The lowest BCUT2D eigenvalue weighted by molar-refractivity contribution is 0.0446. The van der Waals surface area contributed by atoms with Gasteiger partial charge in [-0.1, -0.05) is 35.5 Å². The van der Waals surface area contributed by atoms with E-state index in [9.17, 15) is 10.0 Å². The van der Waals surface area contributed by atoms with Crippen molar-refractivity contribution in [3.8, 4) is 0 Å². The van der Waals surface area contributed by atoms with Crippen LogP contribution in [0.4, 0.5) is 4.79 Å². The number of amides is 1. The van der Waals surface area contributed by atoms with Gasteiger partial charge in [0.25, 0.3) is 0 Å². The summed E-state index contributed by atoms with van der Waals surface area (Å²) in [7, 11) is 0. The lowest BCUT2D eigenvalue weighted by Crippen LogP contribution is -2.18. The van der Waals surface area contributed by atoms with Crippen LogP contribution in [0.3, 0.4) is 0 Å². The van der Waals surface area contributed by atoms with E-state index < -0.39 is 6.09 Å². The molecule has 0 aliphatic heterocycles. The molecule has 0 aliphatic rings. The Hall–Kier alpha value is -1.55. The van der Waals surface area contributed by atoms with Crippen molar-refractivity contribution in [2.45, 2.75) is 6.61 Å². The molecule has 0 aromatic heterocycles. The molecule has 1 aromatic rings. The van der Waals surface area contributed by atoms with E-state index in [2.05, 4.69) is 4.74 Å². The minimum Gasteiger partial charge on any atom is -0.443 e. The van der Waals surface area contributed by atoms with Gasteiger partial charge in [-0.05, 0) is 5.56 Å². The zero-order chi connectivity index (χ0) is 8.81. The van der Waals surface area contributed by atoms with Gasteiger partial charge >= 0.3 is 6.09 Å². The second kappa shape index (κ2) is 4.35. The van der Waals surface area contributed by atoms with Gasteiger partial charge in [-0.15, -0.1) is 0 Å².